The van der Waals surface area contributed by atoms with Crippen LogP contribution in [0.2, 0.25) is 0 Å². The minimum Gasteiger partial charge on any atom is -0.354 e. The van der Waals surface area contributed by atoms with Gasteiger partial charge in [-0.15, -0.1) is 0 Å². The summed E-state index contributed by atoms with van der Waals surface area (Å²) in [5.41, 5.74) is -0.606. The van der Waals surface area contributed by atoms with E-state index in [-0.39, 0.29) is 11.3 Å². The van der Waals surface area contributed by atoms with Crippen molar-refractivity contribution in [1.29, 1.82) is 5.26 Å². The molecule has 19 heavy (non-hydrogen) atoms. The Hall–Kier alpha value is -1.04. The molecule has 0 radical (unpaired) electrons. The fourth-order valence-corrected chi connectivity index (χ4v) is 3.20. The van der Waals surface area contributed by atoms with Gasteiger partial charge in [0.05, 0.1) is 6.07 Å². The minimum absolute atomic E-state index is 0.104. The quantitative estimate of drug-likeness (QED) is 0.796. The topological polar surface area (TPSA) is 52.9 Å². The summed E-state index contributed by atoms with van der Waals surface area (Å²) < 4.78 is 0. The molecule has 0 saturated heterocycles. The fraction of sp³-hybridized carbons (Fsp3) is 0.875. The van der Waals surface area contributed by atoms with Crippen molar-refractivity contribution in [3.63, 3.8) is 0 Å². The molecule has 1 N–H and O–H groups in total. The van der Waals surface area contributed by atoms with Gasteiger partial charge in [-0.05, 0) is 43.9 Å². The van der Waals surface area contributed by atoms with Crippen molar-refractivity contribution >= 4 is 5.91 Å². The Labute approximate surface area is 117 Å². The maximum Gasteiger partial charge on any atom is 0.240 e. The molecule has 1 aliphatic carbocycles. The van der Waals surface area contributed by atoms with Gasteiger partial charge in [0.1, 0.15) is 5.41 Å². The molecule has 1 fully saturated rings. The second-order valence-electron chi connectivity index (χ2n) is 6.79. The molecule has 3 heteroatoms. The van der Waals surface area contributed by atoms with Gasteiger partial charge in [-0.2, -0.15) is 5.26 Å². The number of nitriles is 1. The number of amides is 1. The predicted octanol–water partition coefficient (Wildman–Crippen LogP) is 3.65. The summed E-state index contributed by atoms with van der Waals surface area (Å²) in [7, 11) is 0. The van der Waals surface area contributed by atoms with E-state index in [2.05, 4.69) is 25.2 Å². The zero-order valence-electron chi connectivity index (χ0n) is 12.9. The van der Waals surface area contributed by atoms with Crippen LogP contribution in [0.15, 0.2) is 0 Å². The first-order valence-electron chi connectivity index (χ1n) is 7.57. The van der Waals surface area contributed by atoms with Crippen LogP contribution in [0.1, 0.15) is 66.2 Å². The van der Waals surface area contributed by atoms with E-state index < -0.39 is 5.41 Å². The van der Waals surface area contributed by atoms with Crippen molar-refractivity contribution in [3.05, 3.63) is 0 Å². The summed E-state index contributed by atoms with van der Waals surface area (Å²) in [4.78, 5) is 12.2. The summed E-state index contributed by atoms with van der Waals surface area (Å²) in [6, 6.07) is 2.14. The number of hydrogen-bond donors (Lipinski definition) is 1. The lowest BCUT2D eigenvalue weighted by Gasteiger charge is -2.32. The van der Waals surface area contributed by atoms with Crippen molar-refractivity contribution in [1.82, 2.24) is 5.32 Å². The number of rotatable bonds is 6. The third kappa shape index (κ3) is 3.96. The number of carbonyl (C=O) groups is 1. The molecule has 1 aliphatic rings. The average Bonchev–Trinajstić information content (AvgIpc) is 2.83. The van der Waals surface area contributed by atoms with Crippen LogP contribution >= 0.6 is 0 Å². The monoisotopic (exact) mass is 264 g/mol. The molecule has 0 spiro atoms. The maximum atomic E-state index is 12.2. The van der Waals surface area contributed by atoms with E-state index in [0.29, 0.717) is 12.3 Å². The maximum absolute atomic E-state index is 12.2. The first kappa shape index (κ1) is 16.0. The molecule has 1 rings (SSSR count). The number of nitrogens with one attached hydrogen (secondary N) is 1. The van der Waals surface area contributed by atoms with E-state index in [1.807, 2.05) is 6.92 Å². The molecule has 3 nitrogen and oxygen atoms in total. The molecular weight excluding hydrogens is 236 g/mol. The van der Waals surface area contributed by atoms with Gasteiger partial charge in [-0.1, -0.05) is 33.6 Å². The van der Waals surface area contributed by atoms with E-state index in [4.69, 9.17) is 5.26 Å². The molecule has 1 amide bonds. The summed E-state index contributed by atoms with van der Waals surface area (Å²) in [5.74, 6) is 0.552. The Morgan fingerprint density at radius 2 is 2.00 bits per heavy atom. The van der Waals surface area contributed by atoms with Gasteiger partial charge >= 0.3 is 0 Å². The van der Waals surface area contributed by atoms with Gasteiger partial charge < -0.3 is 5.32 Å². The van der Waals surface area contributed by atoms with E-state index in [9.17, 15) is 4.79 Å². The zero-order chi connectivity index (χ0) is 14.5. The summed E-state index contributed by atoms with van der Waals surface area (Å²) in [5, 5.41) is 12.2. The number of carbonyl (C=O) groups excluding carboxylic acids is 1. The Morgan fingerprint density at radius 1 is 1.42 bits per heavy atom. The fourth-order valence-electron chi connectivity index (χ4n) is 3.20. The van der Waals surface area contributed by atoms with Crippen molar-refractivity contribution in [3.8, 4) is 6.07 Å². The van der Waals surface area contributed by atoms with Gasteiger partial charge in [0.15, 0.2) is 0 Å². The van der Waals surface area contributed by atoms with Crippen LogP contribution in [0.4, 0.5) is 0 Å². The van der Waals surface area contributed by atoms with E-state index in [0.717, 1.165) is 6.54 Å². The highest BCUT2D eigenvalue weighted by molar-refractivity contribution is 5.84. The van der Waals surface area contributed by atoms with Crippen LogP contribution in [-0.4, -0.2) is 12.5 Å². The highest BCUT2D eigenvalue weighted by Gasteiger charge is 2.37. The Bertz CT molecular complexity index is 350. The highest BCUT2D eigenvalue weighted by atomic mass is 16.2. The molecule has 1 atom stereocenters. The smallest absolute Gasteiger partial charge is 0.240 e. The Morgan fingerprint density at radius 3 is 2.42 bits per heavy atom. The minimum atomic E-state index is -0.877. The normalized spacial score (nSPS) is 20.8. The average molecular weight is 264 g/mol. The first-order chi connectivity index (χ1) is 8.87. The van der Waals surface area contributed by atoms with Crippen molar-refractivity contribution in [2.45, 2.75) is 66.2 Å². The van der Waals surface area contributed by atoms with E-state index >= 15 is 0 Å². The van der Waals surface area contributed by atoms with E-state index in [1.54, 1.807) is 6.92 Å². The molecule has 0 bridgehead atoms. The predicted molar refractivity (Wildman–Crippen MR) is 77.4 cm³/mol. The van der Waals surface area contributed by atoms with E-state index in [1.165, 1.54) is 32.1 Å². The summed E-state index contributed by atoms with van der Waals surface area (Å²) in [6.07, 6.45) is 6.69. The Kier molecular flexibility index (Phi) is 5.40. The lowest BCUT2D eigenvalue weighted by Crippen LogP contribution is -2.43. The molecule has 0 aromatic heterocycles. The molecule has 0 heterocycles. The number of hydrogen-bond acceptors (Lipinski definition) is 2. The molecule has 1 unspecified atom stereocenters. The second-order valence-corrected chi connectivity index (χ2v) is 6.79. The van der Waals surface area contributed by atoms with Gasteiger partial charge in [-0.3, -0.25) is 4.79 Å². The summed E-state index contributed by atoms with van der Waals surface area (Å²) >= 11 is 0. The van der Waals surface area contributed by atoms with Crippen molar-refractivity contribution in [2.75, 3.05) is 6.54 Å². The zero-order valence-corrected chi connectivity index (χ0v) is 12.9. The third-order valence-electron chi connectivity index (χ3n) is 4.58. The first-order valence-corrected chi connectivity index (χ1v) is 7.57. The van der Waals surface area contributed by atoms with Gasteiger partial charge in [0.25, 0.3) is 0 Å². The SMILES string of the molecule is CCC(C)(C#N)C(=O)NCC1(CC(C)C)CCCC1. The standard InChI is InChI=1S/C16H28N2O/c1-5-15(4,11-17)14(19)18-12-16(10-13(2)3)8-6-7-9-16/h13H,5-10,12H2,1-4H3,(H,18,19). The summed E-state index contributed by atoms with van der Waals surface area (Å²) in [6.45, 7) is 8.84. The highest BCUT2D eigenvalue weighted by Crippen LogP contribution is 2.42. The lowest BCUT2D eigenvalue weighted by atomic mass is 9.78. The molecule has 1 saturated carbocycles. The van der Waals surface area contributed by atoms with Gasteiger partial charge in [-0.25, -0.2) is 0 Å². The molecule has 108 valence electrons. The van der Waals surface area contributed by atoms with Gasteiger partial charge in [0, 0.05) is 6.54 Å². The third-order valence-corrected chi connectivity index (χ3v) is 4.58. The van der Waals surface area contributed by atoms with Gasteiger partial charge in [0.2, 0.25) is 5.91 Å². The van der Waals surface area contributed by atoms with Crippen LogP contribution < -0.4 is 5.32 Å². The van der Waals surface area contributed by atoms with Crippen molar-refractivity contribution in [2.24, 2.45) is 16.7 Å². The largest absolute Gasteiger partial charge is 0.354 e. The van der Waals surface area contributed by atoms with Crippen LogP contribution in [0.3, 0.4) is 0 Å². The molecule has 0 aliphatic heterocycles. The van der Waals surface area contributed by atoms with Crippen LogP contribution in [-0.2, 0) is 4.79 Å². The molecule has 0 aromatic carbocycles. The number of nitrogens with zero attached hydrogens (tertiary/aromatic N) is 1. The molecular formula is C16H28N2O. The van der Waals surface area contributed by atoms with Crippen LogP contribution in [0.5, 0.6) is 0 Å². The van der Waals surface area contributed by atoms with Crippen molar-refractivity contribution < 1.29 is 4.79 Å². The Balaban J connectivity index is 2.63. The lowest BCUT2D eigenvalue weighted by molar-refractivity contribution is -0.128. The van der Waals surface area contributed by atoms with Crippen LogP contribution in [0.25, 0.3) is 0 Å². The second kappa shape index (κ2) is 6.41. The van der Waals surface area contributed by atoms with Crippen LogP contribution in [0, 0.1) is 28.1 Å². The molecule has 0 aromatic rings.